The Kier molecular flexibility index (Phi) is 3.72. The Morgan fingerprint density at radius 3 is 2.64 bits per heavy atom. The maximum absolute atomic E-state index is 11.5. The summed E-state index contributed by atoms with van der Waals surface area (Å²) in [6.45, 7) is 0.729. The van der Waals surface area contributed by atoms with E-state index in [2.05, 4.69) is 4.98 Å². The molecule has 0 unspecified atom stereocenters. The second kappa shape index (κ2) is 6.38. The van der Waals surface area contributed by atoms with Crippen molar-refractivity contribution in [3.05, 3.63) is 82.4 Å². The van der Waals surface area contributed by atoms with Crippen molar-refractivity contribution in [2.24, 2.45) is 0 Å². The highest BCUT2D eigenvalue weighted by molar-refractivity contribution is 5.88. The number of benzene rings is 3. The fraction of sp³-hybridized carbons (Fsp3) is 0.0952. The highest BCUT2D eigenvalue weighted by Crippen LogP contribution is 2.37. The molecule has 1 aromatic heterocycles. The van der Waals surface area contributed by atoms with Gasteiger partial charge in [0.1, 0.15) is 5.82 Å². The molecule has 3 aromatic carbocycles. The smallest absolute Gasteiger partial charge is 0.297 e. The van der Waals surface area contributed by atoms with Crippen molar-refractivity contribution in [3.8, 4) is 22.9 Å². The number of nitrogens with zero attached hydrogens (tertiary/aromatic N) is 3. The summed E-state index contributed by atoms with van der Waals surface area (Å²) in [5, 5.41) is 11.5. The number of nitro benzene ring substituents is 1. The minimum Gasteiger partial charge on any atom is -0.454 e. The molecule has 0 N–H and O–H groups in total. The lowest BCUT2D eigenvalue weighted by atomic mass is 10.1. The summed E-state index contributed by atoms with van der Waals surface area (Å²) < 4.78 is 12.9. The third-order valence-electron chi connectivity index (χ3n) is 4.77. The van der Waals surface area contributed by atoms with Gasteiger partial charge in [0, 0.05) is 18.2 Å². The number of para-hydroxylation sites is 1. The highest BCUT2D eigenvalue weighted by atomic mass is 16.7. The van der Waals surface area contributed by atoms with E-state index in [1.54, 1.807) is 6.07 Å². The SMILES string of the molecule is O=[N+]([O-])c1cccc2c1nc(-c1ccc3c(c1)OCO3)n2Cc1ccccc1. The van der Waals surface area contributed by atoms with Gasteiger partial charge in [0.15, 0.2) is 17.0 Å². The van der Waals surface area contributed by atoms with E-state index in [-0.39, 0.29) is 12.5 Å². The monoisotopic (exact) mass is 373 g/mol. The molecule has 0 spiro atoms. The molecule has 0 saturated heterocycles. The Labute approximate surface area is 159 Å². The third kappa shape index (κ3) is 2.64. The van der Waals surface area contributed by atoms with Gasteiger partial charge in [-0.3, -0.25) is 10.1 Å². The highest BCUT2D eigenvalue weighted by Gasteiger charge is 2.22. The molecule has 1 aliphatic heterocycles. The van der Waals surface area contributed by atoms with Gasteiger partial charge in [-0.15, -0.1) is 0 Å². The van der Waals surface area contributed by atoms with Gasteiger partial charge in [-0.05, 0) is 29.8 Å². The molecule has 0 fully saturated rings. The second-order valence-electron chi connectivity index (χ2n) is 6.48. The van der Waals surface area contributed by atoms with Crippen LogP contribution in [0, 0.1) is 10.1 Å². The van der Waals surface area contributed by atoms with Crippen LogP contribution >= 0.6 is 0 Å². The van der Waals surface area contributed by atoms with Gasteiger partial charge in [-0.25, -0.2) is 4.98 Å². The predicted molar refractivity (Wildman–Crippen MR) is 103 cm³/mol. The Morgan fingerprint density at radius 1 is 1.00 bits per heavy atom. The number of aromatic nitrogens is 2. The van der Waals surface area contributed by atoms with Gasteiger partial charge in [-0.1, -0.05) is 36.4 Å². The number of nitro groups is 1. The number of hydrogen-bond acceptors (Lipinski definition) is 5. The van der Waals surface area contributed by atoms with Gasteiger partial charge < -0.3 is 14.0 Å². The number of rotatable bonds is 4. The lowest BCUT2D eigenvalue weighted by Gasteiger charge is -2.10. The zero-order chi connectivity index (χ0) is 19.1. The molecule has 0 aliphatic carbocycles. The molecule has 2 heterocycles. The molecule has 0 bridgehead atoms. The van der Waals surface area contributed by atoms with Crippen molar-refractivity contribution in [3.63, 3.8) is 0 Å². The van der Waals surface area contributed by atoms with Crippen LogP contribution in [0.25, 0.3) is 22.4 Å². The fourth-order valence-electron chi connectivity index (χ4n) is 3.46. The summed E-state index contributed by atoms with van der Waals surface area (Å²) in [7, 11) is 0. The molecular formula is C21H15N3O4. The van der Waals surface area contributed by atoms with E-state index in [1.165, 1.54) is 6.07 Å². The van der Waals surface area contributed by atoms with E-state index in [4.69, 9.17) is 9.47 Å². The van der Waals surface area contributed by atoms with E-state index in [0.29, 0.717) is 34.9 Å². The first-order chi connectivity index (χ1) is 13.7. The third-order valence-corrected chi connectivity index (χ3v) is 4.77. The van der Waals surface area contributed by atoms with Crippen LogP contribution in [0.1, 0.15) is 5.56 Å². The van der Waals surface area contributed by atoms with Crippen molar-refractivity contribution in [1.29, 1.82) is 0 Å². The second-order valence-corrected chi connectivity index (χ2v) is 6.48. The van der Waals surface area contributed by atoms with Crippen LogP contribution in [0.3, 0.4) is 0 Å². The molecule has 0 atom stereocenters. The molecule has 0 radical (unpaired) electrons. The molecule has 138 valence electrons. The maximum atomic E-state index is 11.5. The maximum Gasteiger partial charge on any atom is 0.297 e. The molecular weight excluding hydrogens is 358 g/mol. The summed E-state index contributed by atoms with van der Waals surface area (Å²) in [4.78, 5) is 15.8. The summed E-state index contributed by atoms with van der Waals surface area (Å²) in [5.74, 6) is 1.97. The Balaban J connectivity index is 1.74. The van der Waals surface area contributed by atoms with Crippen LogP contribution in [0.4, 0.5) is 5.69 Å². The average molecular weight is 373 g/mol. The van der Waals surface area contributed by atoms with Gasteiger partial charge in [0.05, 0.1) is 10.4 Å². The number of hydrogen-bond donors (Lipinski definition) is 0. The van der Waals surface area contributed by atoms with Crippen LogP contribution in [-0.2, 0) is 6.54 Å². The van der Waals surface area contributed by atoms with Crippen molar-refractivity contribution in [1.82, 2.24) is 9.55 Å². The van der Waals surface area contributed by atoms with E-state index in [0.717, 1.165) is 11.1 Å². The molecule has 1 aliphatic rings. The number of fused-ring (bicyclic) bond motifs is 2. The first-order valence-electron chi connectivity index (χ1n) is 8.78. The van der Waals surface area contributed by atoms with Crippen molar-refractivity contribution in [2.75, 3.05) is 6.79 Å². The van der Waals surface area contributed by atoms with E-state index >= 15 is 0 Å². The van der Waals surface area contributed by atoms with E-state index in [9.17, 15) is 10.1 Å². The van der Waals surface area contributed by atoms with E-state index in [1.807, 2.05) is 59.2 Å². The zero-order valence-electron chi connectivity index (χ0n) is 14.7. The van der Waals surface area contributed by atoms with Crippen LogP contribution in [0.15, 0.2) is 66.7 Å². The van der Waals surface area contributed by atoms with E-state index < -0.39 is 4.92 Å². The topological polar surface area (TPSA) is 79.4 Å². The van der Waals surface area contributed by atoms with Crippen molar-refractivity contribution < 1.29 is 14.4 Å². The fourth-order valence-corrected chi connectivity index (χ4v) is 3.46. The minimum atomic E-state index is -0.397. The summed E-state index contributed by atoms with van der Waals surface area (Å²) in [6.07, 6.45) is 0. The van der Waals surface area contributed by atoms with Crippen LogP contribution in [-0.4, -0.2) is 21.3 Å². The summed E-state index contributed by atoms with van der Waals surface area (Å²) in [5.41, 5.74) is 2.97. The van der Waals surface area contributed by atoms with Gasteiger partial charge in [0.2, 0.25) is 6.79 Å². The van der Waals surface area contributed by atoms with Crippen LogP contribution in [0.5, 0.6) is 11.5 Å². The average Bonchev–Trinajstić information content (AvgIpc) is 3.32. The van der Waals surface area contributed by atoms with Crippen molar-refractivity contribution >= 4 is 16.7 Å². The Bertz CT molecular complexity index is 1200. The number of imidazole rings is 1. The molecule has 7 heteroatoms. The van der Waals surface area contributed by atoms with Crippen LogP contribution in [0.2, 0.25) is 0 Å². The largest absolute Gasteiger partial charge is 0.454 e. The molecule has 4 aromatic rings. The Morgan fingerprint density at radius 2 is 1.82 bits per heavy atom. The summed E-state index contributed by atoms with van der Waals surface area (Å²) >= 11 is 0. The van der Waals surface area contributed by atoms with Gasteiger partial charge >= 0.3 is 0 Å². The summed E-state index contributed by atoms with van der Waals surface area (Å²) in [6, 6.07) is 20.5. The normalized spacial score (nSPS) is 12.4. The molecule has 0 saturated carbocycles. The standard InChI is InChI=1S/C21H15N3O4/c25-24(26)17-8-4-7-16-20(17)22-21(23(16)12-14-5-2-1-3-6-14)15-9-10-18-19(11-15)28-13-27-18/h1-11H,12-13H2. The molecule has 0 amide bonds. The molecule has 28 heavy (non-hydrogen) atoms. The lowest BCUT2D eigenvalue weighted by molar-refractivity contribution is -0.383. The molecule has 5 rings (SSSR count). The van der Waals surface area contributed by atoms with Gasteiger partial charge in [-0.2, -0.15) is 0 Å². The zero-order valence-corrected chi connectivity index (χ0v) is 14.7. The quantitative estimate of drug-likeness (QED) is 0.392. The molecule has 7 nitrogen and oxygen atoms in total. The number of non-ortho nitro benzene ring substituents is 1. The Hall–Kier alpha value is -3.87. The first-order valence-corrected chi connectivity index (χ1v) is 8.78. The van der Waals surface area contributed by atoms with Crippen LogP contribution < -0.4 is 9.47 Å². The number of ether oxygens (including phenoxy) is 2. The van der Waals surface area contributed by atoms with Crippen molar-refractivity contribution in [2.45, 2.75) is 6.54 Å². The predicted octanol–water partition coefficient (Wildman–Crippen LogP) is 4.39. The van der Waals surface area contributed by atoms with Gasteiger partial charge in [0.25, 0.3) is 5.69 Å². The lowest BCUT2D eigenvalue weighted by Crippen LogP contribution is -2.02. The first kappa shape index (κ1) is 16.3. The minimum absolute atomic E-state index is 0.00805.